The quantitative estimate of drug-likeness (QED) is 0.484. The molecule has 0 heterocycles. The molecule has 8 heteroatoms. The average molecular weight is 406 g/mol. The van der Waals surface area contributed by atoms with Gasteiger partial charge in [0, 0.05) is 12.0 Å². The summed E-state index contributed by atoms with van der Waals surface area (Å²) in [6.07, 6.45) is -2.16. The van der Waals surface area contributed by atoms with Crippen molar-refractivity contribution >= 4 is 5.78 Å². The van der Waals surface area contributed by atoms with Gasteiger partial charge >= 0.3 is 0 Å². The third-order valence-corrected chi connectivity index (χ3v) is 4.38. The number of benzene rings is 2. The summed E-state index contributed by atoms with van der Waals surface area (Å²) in [5.41, 5.74) is 0.833. The second kappa shape index (κ2) is 10.7. The van der Waals surface area contributed by atoms with E-state index in [2.05, 4.69) is 0 Å². The average Bonchev–Trinajstić information content (AvgIpc) is 2.76. The zero-order chi connectivity index (χ0) is 21.4. The van der Waals surface area contributed by atoms with Crippen LogP contribution >= 0.6 is 0 Å². The summed E-state index contributed by atoms with van der Waals surface area (Å²) in [5.74, 6) is 1.24. The third-order valence-electron chi connectivity index (χ3n) is 4.38. The lowest BCUT2D eigenvalue weighted by Gasteiger charge is -2.24. The topological polar surface area (TPSA) is 115 Å². The Labute approximate surface area is 169 Å². The van der Waals surface area contributed by atoms with E-state index in [1.165, 1.54) is 39.5 Å². The molecule has 0 fully saturated rings. The first kappa shape index (κ1) is 22.5. The summed E-state index contributed by atoms with van der Waals surface area (Å²) in [6, 6.07) is 9.44. The summed E-state index contributed by atoms with van der Waals surface area (Å²) in [6.45, 7) is -0.715. The number of aliphatic hydroxyl groups is 3. The molecule has 0 amide bonds. The standard InChI is InChI=1S/C21H26O8/c1-26-16-6-5-14(11-18(16)27-2)21(25)20(12-23)29-17-7-4-13(10-19(17)28-3)15(24)8-9-22/h4-7,10-11,20-23,25H,8-9,12H2,1-3H3/t20-,21-/m0/s1. The fraction of sp³-hybridized carbons (Fsp3) is 0.381. The summed E-state index contributed by atoms with van der Waals surface area (Å²) in [4.78, 5) is 11.9. The number of rotatable bonds is 11. The number of ether oxygens (including phenoxy) is 4. The van der Waals surface area contributed by atoms with Crippen molar-refractivity contribution in [2.45, 2.75) is 18.6 Å². The second-order valence-electron chi connectivity index (χ2n) is 6.16. The predicted octanol–water partition coefficient (Wildman–Crippen LogP) is 1.75. The number of aliphatic hydroxyl groups excluding tert-OH is 3. The number of hydrogen-bond donors (Lipinski definition) is 3. The summed E-state index contributed by atoms with van der Waals surface area (Å²) in [5, 5.41) is 29.4. The molecule has 8 nitrogen and oxygen atoms in total. The van der Waals surface area contributed by atoms with Crippen LogP contribution in [0.25, 0.3) is 0 Å². The minimum absolute atomic E-state index is 0.000635. The van der Waals surface area contributed by atoms with Crippen molar-refractivity contribution in [1.82, 2.24) is 0 Å². The fourth-order valence-corrected chi connectivity index (χ4v) is 2.80. The maximum atomic E-state index is 11.9. The molecule has 2 rings (SSSR count). The van der Waals surface area contributed by atoms with Crippen molar-refractivity contribution < 1.29 is 39.1 Å². The number of Topliss-reactive ketones (excluding diaryl/α,β-unsaturated/α-hetero) is 1. The van der Waals surface area contributed by atoms with E-state index in [-0.39, 0.29) is 30.3 Å². The molecule has 0 unspecified atom stereocenters. The first-order valence-corrected chi connectivity index (χ1v) is 8.98. The largest absolute Gasteiger partial charge is 0.493 e. The highest BCUT2D eigenvalue weighted by Gasteiger charge is 2.25. The molecular formula is C21H26O8. The van der Waals surface area contributed by atoms with Gasteiger partial charge in [0.25, 0.3) is 0 Å². The van der Waals surface area contributed by atoms with Gasteiger partial charge in [0.15, 0.2) is 34.9 Å². The summed E-state index contributed by atoms with van der Waals surface area (Å²) >= 11 is 0. The normalized spacial score (nSPS) is 12.8. The number of carbonyl (C=O) groups excluding carboxylic acids is 1. The Kier molecular flexibility index (Phi) is 8.26. The molecule has 0 aromatic heterocycles. The van der Waals surface area contributed by atoms with E-state index in [9.17, 15) is 15.0 Å². The van der Waals surface area contributed by atoms with Crippen molar-refractivity contribution in [3.63, 3.8) is 0 Å². The van der Waals surface area contributed by atoms with Gasteiger partial charge in [-0.1, -0.05) is 6.07 Å². The van der Waals surface area contributed by atoms with Crippen LogP contribution in [0.5, 0.6) is 23.0 Å². The number of ketones is 1. The summed E-state index contributed by atoms with van der Waals surface area (Å²) < 4.78 is 21.5. The van der Waals surface area contributed by atoms with E-state index >= 15 is 0 Å². The number of methoxy groups -OCH3 is 3. The van der Waals surface area contributed by atoms with Gasteiger partial charge in [-0.2, -0.15) is 0 Å². The van der Waals surface area contributed by atoms with Crippen LogP contribution < -0.4 is 18.9 Å². The number of hydrogen-bond acceptors (Lipinski definition) is 8. The van der Waals surface area contributed by atoms with E-state index in [4.69, 9.17) is 24.1 Å². The van der Waals surface area contributed by atoms with Crippen molar-refractivity contribution in [2.75, 3.05) is 34.5 Å². The van der Waals surface area contributed by atoms with Gasteiger partial charge in [0.2, 0.25) is 0 Å². The molecule has 3 N–H and O–H groups in total. The first-order valence-electron chi connectivity index (χ1n) is 8.98. The highest BCUT2D eigenvalue weighted by Crippen LogP contribution is 2.34. The van der Waals surface area contributed by atoms with E-state index in [1.807, 2.05) is 0 Å². The first-order chi connectivity index (χ1) is 14.0. The SMILES string of the molecule is COc1ccc([C@H](O)[C@H](CO)Oc2ccc(C(=O)CCO)cc2OC)cc1OC. The maximum Gasteiger partial charge on any atom is 0.165 e. The molecule has 2 aromatic rings. The van der Waals surface area contributed by atoms with Crippen LogP contribution in [0.2, 0.25) is 0 Å². The Balaban J connectivity index is 2.25. The zero-order valence-electron chi connectivity index (χ0n) is 16.6. The summed E-state index contributed by atoms with van der Waals surface area (Å²) in [7, 11) is 4.41. The molecule has 0 aliphatic carbocycles. The highest BCUT2D eigenvalue weighted by molar-refractivity contribution is 5.96. The van der Waals surface area contributed by atoms with Crippen molar-refractivity contribution in [1.29, 1.82) is 0 Å². The second-order valence-corrected chi connectivity index (χ2v) is 6.16. The lowest BCUT2D eigenvalue weighted by atomic mass is 10.0. The van der Waals surface area contributed by atoms with Crippen molar-refractivity contribution in [2.24, 2.45) is 0 Å². The molecule has 0 spiro atoms. The number of carbonyl (C=O) groups is 1. The minimum atomic E-state index is -1.17. The third kappa shape index (κ3) is 5.38. The van der Waals surface area contributed by atoms with Crippen LogP contribution in [0.15, 0.2) is 36.4 Å². The van der Waals surface area contributed by atoms with E-state index in [1.54, 1.807) is 18.2 Å². The zero-order valence-corrected chi connectivity index (χ0v) is 16.6. The molecule has 29 heavy (non-hydrogen) atoms. The van der Waals surface area contributed by atoms with Crippen LogP contribution in [0.1, 0.15) is 28.4 Å². The molecule has 0 aliphatic rings. The van der Waals surface area contributed by atoms with Crippen LogP contribution in [0, 0.1) is 0 Å². The Morgan fingerprint density at radius 2 is 1.52 bits per heavy atom. The van der Waals surface area contributed by atoms with Crippen LogP contribution in [0.3, 0.4) is 0 Å². The van der Waals surface area contributed by atoms with Gasteiger partial charge in [0.05, 0.1) is 34.5 Å². The van der Waals surface area contributed by atoms with Gasteiger partial charge in [-0.15, -0.1) is 0 Å². The molecule has 0 bridgehead atoms. The molecular weight excluding hydrogens is 380 g/mol. The highest BCUT2D eigenvalue weighted by atomic mass is 16.5. The van der Waals surface area contributed by atoms with E-state index in [0.717, 1.165) is 0 Å². The lowest BCUT2D eigenvalue weighted by Crippen LogP contribution is -2.29. The molecule has 0 radical (unpaired) electrons. The van der Waals surface area contributed by atoms with E-state index < -0.39 is 18.8 Å². The fourth-order valence-electron chi connectivity index (χ4n) is 2.80. The maximum absolute atomic E-state index is 11.9. The van der Waals surface area contributed by atoms with Crippen molar-refractivity contribution in [3.05, 3.63) is 47.5 Å². The lowest BCUT2D eigenvalue weighted by molar-refractivity contribution is -0.000530. The van der Waals surface area contributed by atoms with E-state index in [0.29, 0.717) is 22.6 Å². The van der Waals surface area contributed by atoms with Gasteiger partial charge < -0.3 is 34.3 Å². The Bertz CT molecular complexity index is 820. The van der Waals surface area contributed by atoms with Gasteiger partial charge in [-0.3, -0.25) is 4.79 Å². The molecule has 2 aromatic carbocycles. The molecule has 2 atom stereocenters. The Morgan fingerprint density at radius 1 is 0.897 bits per heavy atom. The molecule has 0 aliphatic heterocycles. The smallest absolute Gasteiger partial charge is 0.165 e. The van der Waals surface area contributed by atoms with Crippen LogP contribution in [-0.4, -0.2) is 61.7 Å². The van der Waals surface area contributed by atoms with Crippen LogP contribution in [-0.2, 0) is 0 Å². The Morgan fingerprint density at radius 3 is 2.10 bits per heavy atom. The predicted molar refractivity (Wildman–Crippen MR) is 105 cm³/mol. The monoisotopic (exact) mass is 406 g/mol. The van der Waals surface area contributed by atoms with Crippen LogP contribution in [0.4, 0.5) is 0 Å². The molecule has 158 valence electrons. The molecule has 0 saturated heterocycles. The van der Waals surface area contributed by atoms with Crippen molar-refractivity contribution in [3.8, 4) is 23.0 Å². The van der Waals surface area contributed by atoms with Gasteiger partial charge in [-0.25, -0.2) is 0 Å². The molecule has 0 saturated carbocycles. The Hall–Kier alpha value is -2.81. The minimum Gasteiger partial charge on any atom is -0.493 e. The van der Waals surface area contributed by atoms with Gasteiger partial charge in [0.1, 0.15) is 6.10 Å². The van der Waals surface area contributed by atoms with Gasteiger partial charge in [-0.05, 0) is 35.9 Å².